The standard InChI is InChI=1S/C7H11O4P/c1-2-3-4-5-7(8)6-12(9,10)11/h4-6H2,1H3,(H2,9,10,11). The molecule has 0 aromatic heterocycles. The first-order valence-electron chi connectivity index (χ1n) is 3.41. The topological polar surface area (TPSA) is 74.6 Å². The smallest absolute Gasteiger partial charge is 0.324 e. The normalized spacial score (nSPS) is 10.2. The molecule has 12 heavy (non-hydrogen) atoms. The predicted molar refractivity (Wildman–Crippen MR) is 44.6 cm³/mol. The van der Waals surface area contributed by atoms with E-state index in [4.69, 9.17) is 9.79 Å². The second kappa shape index (κ2) is 5.10. The Morgan fingerprint density at radius 2 is 2.08 bits per heavy atom. The molecule has 0 aliphatic carbocycles. The zero-order valence-corrected chi connectivity index (χ0v) is 7.67. The van der Waals surface area contributed by atoms with Crippen LogP contribution in [0.25, 0.3) is 0 Å². The van der Waals surface area contributed by atoms with Gasteiger partial charge in [0.25, 0.3) is 0 Å². The summed E-state index contributed by atoms with van der Waals surface area (Å²) in [6.07, 6.45) is -0.181. The van der Waals surface area contributed by atoms with E-state index in [1.165, 1.54) is 0 Å². The molecule has 0 spiro atoms. The highest BCUT2D eigenvalue weighted by Crippen LogP contribution is 2.34. The van der Waals surface area contributed by atoms with Crippen LogP contribution in [0, 0.1) is 11.8 Å². The number of ketones is 1. The molecular formula is C7H11O4P. The van der Waals surface area contributed by atoms with E-state index in [9.17, 15) is 9.36 Å². The lowest BCUT2D eigenvalue weighted by Crippen LogP contribution is -2.04. The Balaban J connectivity index is 3.73. The van der Waals surface area contributed by atoms with Gasteiger partial charge in [-0.3, -0.25) is 9.36 Å². The SMILES string of the molecule is CC#CCCC(=O)CP(=O)(O)O. The number of hydrogen-bond acceptors (Lipinski definition) is 2. The van der Waals surface area contributed by atoms with Crippen molar-refractivity contribution in [2.75, 3.05) is 6.16 Å². The van der Waals surface area contributed by atoms with Crippen molar-refractivity contribution in [1.82, 2.24) is 0 Å². The van der Waals surface area contributed by atoms with E-state index in [0.29, 0.717) is 6.42 Å². The Morgan fingerprint density at radius 3 is 2.50 bits per heavy atom. The van der Waals surface area contributed by atoms with Crippen molar-refractivity contribution in [1.29, 1.82) is 0 Å². The molecule has 0 heterocycles. The summed E-state index contributed by atoms with van der Waals surface area (Å²) in [6, 6.07) is 0. The summed E-state index contributed by atoms with van der Waals surface area (Å²) < 4.78 is 10.3. The van der Waals surface area contributed by atoms with Crippen LogP contribution in [0.1, 0.15) is 19.8 Å². The number of hydrogen-bond donors (Lipinski definition) is 2. The highest BCUT2D eigenvalue weighted by Gasteiger charge is 2.17. The molecule has 68 valence electrons. The van der Waals surface area contributed by atoms with Crippen molar-refractivity contribution in [2.24, 2.45) is 0 Å². The molecule has 0 aliphatic heterocycles. The fraction of sp³-hybridized carbons (Fsp3) is 0.571. The molecule has 2 N–H and O–H groups in total. The fourth-order valence-electron chi connectivity index (χ4n) is 0.636. The maximum absolute atomic E-state index is 10.8. The van der Waals surface area contributed by atoms with Crippen molar-refractivity contribution in [3.8, 4) is 11.8 Å². The lowest BCUT2D eigenvalue weighted by molar-refractivity contribution is -0.116. The predicted octanol–water partition coefficient (Wildman–Crippen LogP) is 0.537. The third kappa shape index (κ3) is 7.49. The molecule has 0 radical (unpaired) electrons. The average Bonchev–Trinajstić information content (AvgIpc) is 1.84. The second-order valence-corrected chi connectivity index (χ2v) is 3.93. The second-order valence-electron chi connectivity index (χ2n) is 2.29. The van der Waals surface area contributed by atoms with Gasteiger partial charge >= 0.3 is 7.60 Å². The van der Waals surface area contributed by atoms with Crippen molar-refractivity contribution in [3.05, 3.63) is 0 Å². The molecule has 0 atom stereocenters. The molecule has 0 aromatic carbocycles. The van der Waals surface area contributed by atoms with Crippen molar-refractivity contribution < 1.29 is 19.1 Å². The van der Waals surface area contributed by atoms with Crippen LogP contribution < -0.4 is 0 Å². The molecule has 0 unspecified atom stereocenters. The van der Waals surface area contributed by atoms with Crippen LogP contribution >= 0.6 is 7.60 Å². The van der Waals surface area contributed by atoms with Crippen molar-refractivity contribution in [3.63, 3.8) is 0 Å². The Kier molecular flexibility index (Phi) is 4.84. The summed E-state index contributed by atoms with van der Waals surface area (Å²) in [5.74, 6) is 4.79. The molecule has 5 heteroatoms. The van der Waals surface area contributed by atoms with Gasteiger partial charge in [0.05, 0.1) is 0 Å². The van der Waals surface area contributed by atoms with Crippen LogP contribution in [0.4, 0.5) is 0 Å². The minimum Gasteiger partial charge on any atom is -0.324 e. The van der Waals surface area contributed by atoms with Crippen LogP contribution in [-0.4, -0.2) is 21.7 Å². The summed E-state index contributed by atoms with van der Waals surface area (Å²) in [6.45, 7) is 1.65. The van der Waals surface area contributed by atoms with E-state index < -0.39 is 19.5 Å². The van der Waals surface area contributed by atoms with Gasteiger partial charge in [-0.15, -0.1) is 11.8 Å². The Hall–Kier alpha value is -0.620. The fourth-order valence-corrected chi connectivity index (χ4v) is 1.25. The third-order valence-corrected chi connectivity index (χ3v) is 1.85. The number of rotatable bonds is 4. The molecule has 4 nitrogen and oxygen atoms in total. The molecule has 0 aliphatic rings. The monoisotopic (exact) mass is 190 g/mol. The first-order valence-corrected chi connectivity index (χ1v) is 5.21. The molecule has 0 fully saturated rings. The van der Waals surface area contributed by atoms with Crippen LogP contribution in [0.5, 0.6) is 0 Å². The summed E-state index contributed by atoms with van der Waals surface area (Å²) in [4.78, 5) is 27.6. The van der Waals surface area contributed by atoms with E-state index in [0.717, 1.165) is 0 Å². The maximum Gasteiger partial charge on any atom is 0.332 e. The molecule has 0 saturated carbocycles. The van der Waals surface area contributed by atoms with Gasteiger partial charge in [-0.25, -0.2) is 0 Å². The quantitative estimate of drug-likeness (QED) is 0.501. The molecular weight excluding hydrogens is 179 g/mol. The number of carbonyl (C=O) groups excluding carboxylic acids is 1. The van der Waals surface area contributed by atoms with Crippen LogP contribution in [0.15, 0.2) is 0 Å². The third-order valence-electron chi connectivity index (χ3n) is 1.09. The first kappa shape index (κ1) is 11.4. The van der Waals surface area contributed by atoms with Gasteiger partial charge in [0.15, 0.2) is 0 Å². The zero-order chi connectivity index (χ0) is 9.61. The van der Waals surface area contributed by atoms with E-state index in [1.807, 2.05) is 0 Å². The zero-order valence-electron chi connectivity index (χ0n) is 6.78. The molecule has 0 rings (SSSR count). The minimum absolute atomic E-state index is 0.117. The van der Waals surface area contributed by atoms with Crippen LogP contribution in [0.3, 0.4) is 0 Å². The van der Waals surface area contributed by atoms with Gasteiger partial charge < -0.3 is 9.79 Å². The number of carbonyl (C=O) groups is 1. The summed E-state index contributed by atoms with van der Waals surface area (Å²) in [5, 5.41) is 0. The lowest BCUT2D eigenvalue weighted by atomic mass is 10.2. The Bertz CT molecular complexity index is 254. The van der Waals surface area contributed by atoms with Crippen LogP contribution in [-0.2, 0) is 9.36 Å². The average molecular weight is 190 g/mol. The summed E-state index contributed by atoms with van der Waals surface area (Å²) >= 11 is 0. The summed E-state index contributed by atoms with van der Waals surface area (Å²) in [7, 11) is -4.17. The van der Waals surface area contributed by atoms with Gasteiger partial charge in [-0.2, -0.15) is 0 Å². The Labute approximate surface area is 71.1 Å². The number of Topliss-reactive ketones (excluding diaryl/α,β-unsaturated/α-hetero) is 1. The molecule has 0 aromatic rings. The van der Waals surface area contributed by atoms with Crippen molar-refractivity contribution in [2.45, 2.75) is 19.8 Å². The van der Waals surface area contributed by atoms with E-state index in [-0.39, 0.29) is 6.42 Å². The first-order chi connectivity index (χ1) is 5.45. The Morgan fingerprint density at radius 1 is 1.50 bits per heavy atom. The van der Waals surface area contributed by atoms with Gasteiger partial charge in [-0.05, 0) is 6.92 Å². The molecule has 0 bridgehead atoms. The minimum atomic E-state index is -4.17. The van der Waals surface area contributed by atoms with Gasteiger partial charge in [-0.1, -0.05) is 0 Å². The lowest BCUT2D eigenvalue weighted by Gasteiger charge is -2.00. The summed E-state index contributed by atoms with van der Waals surface area (Å²) in [5.41, 5.74) is 0. The van der Waals surface area contributed by atoms with Gasteiger partial charge in [0.1, 0.15) is 11.9 Å². The largest absolute Gasteiger partial charge is 0.332 e. The highest BCUT2D eigenvalue weighted by molar-refractivity contribution is 7.52. The van der Waals surface area contributed by atoms with Gasteiger partial charge in [0, 0.05) is 12.8 Å². The van der Waals surface area contributed by atoms with Crippen molar-refractivity contribution >= 4 is 13.4 Å². The van der Waals surface area contributed by atoms with Gasteiger partial charge in [0.2, 0.25) is 0 Å². The van der Waals surface area contributed by atoms with Crippen LogP contribution in [0.2, 0.25) is 0 Å². The van der Waals surface area contributed by atoms with E-state index in [2.05, 4.69) is 11.8 Å². The van der Waals surface area contributed by atoms with E-state index in [1.54, 1.807) is 6.92 Å². The maximum atomic E-state index is 10.8. The molecule has 0 saturated heterocycles. The highest BCUT2D eigenvalue weighted by atomic mass is 31.2. The van der Waals surface area contributed by atoms with E-state index >= 15 is 0 Å². The molecule has 0 amide bonds.